The van der Waals surface area contributed by atoms with E-state index in [0.29, 0.717) is 23.7 Å². The first-order valence-corrected chi connectivity index (χ1v) is 7.40. The molecule has 2 atom stereocenters. The van der Waals surface area contributed by atoms with E-state index in [4.69, 9.17) is 22.1 Å². The molecule has 1 aliphatic carbocycles. The summed E-state index contributed by atoms with van der Waals surface area (Å²) in [6.07, 6.45) is 6.97. The number of halogens is 1. The van der Waals surface area contributed by atoms with Crippen molar-refractivity contribution in [3.8, 4) is 0 Å². The van der Waals surface area contributed by atoms with Crippen molar-refractivity contribution in [2.75, 3.05) is 18.1 Å². The molecule has 2 heterocycles. The minimum absolute atomic E-state index is 0.335. The molecular weight excluding hydrogens is 262 g/mol. The summed E-state index contributed by atoms with van der Waals surface area (Å²) >= 11 is 6.45. The molecule has 1 aromatic rings. The summed E-state index contributed by atoms with van der Waals surface area (Å²) in [5, 5.41) is 0.705. The largest absolute Gasteiger partial charge is 0.374 e. The van der Waals surface area contributed by atoms with Crippen LogP contribution in [0.15, 0.2) is 12.3 Å². The normalized spacial score (nSPS) is 27.2. The van der Waals surface area contributed by atoms with E-state index in [0.717, 1.165) is 37.4 Å². The Balaban J connectivity index is 1.91. The van der Waals surface area contributed by atoms with Crippen molar-refractivity contribution in [2.45, 2.75) is 44.4 Å². The SMILES string of the molecule is NCc1ccnc(N2CCOC3CCCCC32)c1Cl. The molecule has 0 aromatic carbocycles. The van der Waals surface area contributed by atoms with Crippen molar-refractivity contribution < 1.29 is 4.74 Å². The monoisotopic (exact) mass is 281 g/mol. The fourth-order valence-corrected chi connectivity index (χ4v) is 3.49. The van der Waals surface area contributed by atoms with Crippen molar-refractivity contribution in [3.05, 3.63) is 22.8 Å². The van der Waals surface area contributed by atoms with Gasteiger partial charge in [-0.15, -0.1) is 0 Å². The first-order valence-electron chi connectivity index (χ1n) is 7.03. The van der Waals surface area contributed by atoms with Gasteiger partial charge in [0.05, 0.1) is 23.8 Å². The van der Waals surface area contributed by atoms with E-state index in [9.17, 15) is 0 Å². The van der Waals surface area contributed by atoms with Crippen LogP contribution in [0.2, 0.25) is 5.02 Å². The van der Waals surface area contributed by atoms with Crippen LogP contribution in [0, 0.1) is 0 Å². The molecule has 0 amide bonds. The van der Waals surface area contributed by atoms with Crippen molar-refractivity contribution in [2.24, 2.45) is 5.73 Å². The second kappa shape index (κ2) is 5.65. The van der Waals surface area contributed by atoms with Gasteiger partial charge in [0.25, 0.3) is 0 Å². The number of anilines is 1. The smallest absolute Gasteiger partial charge is 0.148 e. The number of hydrogen-bond donors (Lipinski definition) is 1. The van der Waals surface area contributed by atoms with Crippen LogP contribution in [0.25, 0.3) is 0 Å². The van der Waals surface area contributed by atoms with Crippen LogP contribution in [0.5, 0.6) is 0 Å². The molecule has 104 valence electrons. The molecule has 1 aliphatic heterocycles. The molecule has 5 heteroatoms. The molecule has 1 aromatic heterocycles. The van der Waals surface area contributed by atoms with Gasteiger partial charge >= 0.3 is 0 Å². The Kier molecular flexibility index (Phi) is 3.91. The first kappa shape index (κ1) is 13.2. The van der Waals surface area contributed by atoms with E-state index in [1.54, 1.807) is 6.20 Å². The van der Waals surface area contributed by atoms with E-state index in [-0.39, 0.29) is 0 Å². The fourth-order valence-electron chi connectivity index (χ4n) is 3.19. The third-order valence-corrected chi connectivity index (χ3v) is 4.59. The van der Waals surface area contributed by atoms with E-state index >= 15 is 0 Å². The van der Waals surface area contributed by atoms with Crippen LogP contribution in [-0.2, 0) is 11.3 Å². The van der Waals surface area contributed by atoms with Gasteiger partial charge in [0.2, 0.25) is 0 Å². The van der Waals surface area contributed by atoms with Crippen LogP contribution < -0.4 is 10.6 Å². The van der Waals surface area contributed by atoms with Crippen LogP contribution >= 0.6 is 11.6 Å². The topological polar surface area (TPSA) is 51.4 Å². The fraction of sp³-hybridized carbons (Fsp3) is 0.643. The summed E-state index contributed by atoms with van der Waals surface area (Å²) in [6, 6.07) is 2.31. The Labute approximate surface area is 118 Å². The predicted octanol–water partition coefficient (Wildman–Crippen LogP) is 2.34. The summed E-state index contributed by atoms with van der Waals surface area (Å²) in [6.45, 7) is 2.07. The van der Waals surface area contributed by atoms with Crippen LogP contribution in [0.1, 0.15) is 31.2 Å². The molecule has 2 fully saturated rings. The maximum Gasteiger partial charge on any atom is 0.148 e. The van der Waals surface area contributed by atoms with Crippen molar-refractivity contribution in [1.29, 1.82) is 0 Å². The highest BCUT2D eigenvalue weighted by molar-refractivity contribution is 6.33. The zero-order valence-corrected chi connectivity index (χ0v) is 11.8. The number of ether oxygens (including phenoxy) is 1. The molecule has 0 bridgehead atoms. The first-order chi connectivity index (χ1) is 9.31. The van der Waals surface area contributed by atoms with Gasteiger partial charge in [0.15, 0.2) is 0 Å². The number of aromatic nitrogens is 1. The summed E-state index contributed by atoms with van der Waals surface area (Å²) < 4.78 is 5.89. The second-order valence-corrected chi connectivity index (χ2v) is 5.64. The molecular formula is C14H20ClN3O. The number of morpholine rings is 1. The van der Waals surface area contributed by atoms with E-state index in [2.05, 4.69) is 9.88 Å². The Bertz CT molecular complexity index is 452. The number of nitrogens with zero attached hydrogens (tertiary/aromatic N) is 2. The van der Waals surface area contributed by atoms with Gasteiger partial charge in [-0.1, -0.05) is 24.4 Å². The summed E-state index contributed by atoms with van der Waals surface area (Å²) in [5.74, 6) is 0.879. The number of rotatable bonds is 2. The highest BCUT2D eigenvalue weighted by Crippen LogP contribution is 2.35. The average Bonchev–Trinajstić information content (AvgIpc) is 2.47. The lowest BCUT2D eigenvalue weighted by Gasteiger charge is -2.44. The van der Waals surface area contributed by atoms with Crippen molar-refractivity contribution in [1.82, 2.24) is 4.98 Å². The second-order valence-electron chi connectivity index (χ2n) is 5.27. The number of nitrogens with two attached hydrogens (primary N) is 1. The Morgan fingerprint density at radius 3 is 3.11 bits per heavy atom. The van der Waals surface area contributed by atoms with E-state index in [1.807, 2.05) is 6.07 Å². The number of hydrogen-bond acceptors (Lipinski definition) is 4. The van der Waals surface area contributed by atoms with E-state index in [1.165, 1.54) is 12.8 Å². The maximum atomic E-state index is 6.45. The van der Waals surface area contributed by atoms with Crippen LogP contribution in [0.3, 0.4) is 0 Å². The van der Waals surface area contributed by atoms with Gasteiger partial charge in [0.1, 0.15) is 5.82 Å². The summed E-state index contributed by atoms with van der Waals surface area (Å²) in [4.78, 5) is 6.81. The molecule has 0 spiro atoms. The highest BCUT2D eigenvalue weighted by atomic mass is 35.5. The molecule has 1 saturated carbocycles. The molecule has 19 heavy (non-hydrogen) atoms. The molecule has 2 N–H and O–H groups in total. The Morgan fingerprint density at radius 2 is 2.26 bits per heavy atom. The lowest BCUT2D eigenvalue weighted by atomic mass is 9.90. The van der Waals surface area contributed by atoms with Gasteiger partial charge in [-0.25, -0.2) is 4.98 Å². The maximum absolute atomic E-state index is 6.45. The van der Waals surface area contributed by atoms with Crippen LogP contribution in [-0.4, -0.2) is 30.3 Å². The molecule has 3 rings (SSSR count). The zero-order valence-electron chi connectivity index (χ0n) is 11.0. The summed E-state index contributed by atoms with van der Waals surface area (Å²) in [7, 11) is 0. The Hall–Kier alpha value is -0.840. The third-order valence-electron chi connectivity index (χ3n) is 4.17. The predicted molar refractivity (Wildman–Crippen MR) is 76.5 cm³/mol. The van der Waals surface area contributed by atoms with E-state index < -0.39 is 0 Å². The number of pyridine rings is 1. The lowest BCUT2D eigenvalue weighted by molar-refractivity contribution is -0.00898. The molecule has 1 saturated heterocycles. The number of fused-ring (bicyclic) bond motifs is 1. The minimum atomic E-state index is 0.335. The summed E-state index contributed by atoms with van der Waals surface area (Å²) in [5.41, 5.74) is 6.69. The quantitative estimate of drug-likeness (QED) is 0.904. The van der Waals surface area contributed by atoms with Gasteiger partial charge in [0, 0.05) is 19.3 Å². The molecule has 4 nitrogen and oxygen atoms in total. The standard InChI is InChI=1S/C14H20ClN3O/c15-13-10(9-16)5-6-17-14(13)18-7-8-19-12-4-2-1-3-11(12)18/h5-6,11-12H,1-4,7-9,16H2. The average molecular weight is 282 g/mol. The molecule has 0 radical (unpaired) electrons. The van der Waals surface area contributed by atoms with Crippen molar-refractivity contribution in [3.63, 3.8) is 0 Å². The zero-order chi connectivity index (χ0) is 13.2. The minimum Gasteiger partial charge on any atom is -0.374 e. The van der Waals surface area contributed by atoms with Gasteiger partial charge < -0.3 is 15.4 Å². The van der Waals surface area contributed by atoms with Gasteiger partial charge in [-0.3, -0.25) is 0 Å². The Morgan fingerprint density at radius 1 is 1.42 bits per heavy atom. The molecule has 2 aliphatic rings. The van der Waals surface area contributed by atoms with Gasteiger partial charge in [-0.05, 0) is 24.5 Å². The molecule has 2 unspecified atom stereocenters. The highest BCUT2D eigenvalue weighted by Gasteiger charge is 2.35. The lowest BCUT2D eigenvalue weighted by Crippen LogP contribution is -2.53. The third kappa shape index (κ3) is 2.45. The van der Waals surface area contributed by atoms with Crippen LogP contribution in [0.4, 0.5) is 5.82 Å². The van der Waals surface area contributed by atoms with Crippen molar-refractivity contribution >= 4 is 17.4 Å². The van der Waals surface area contributed by atoms with Gasteiger partial charge in [-0.2, -0.15) is 0 Å².